The molecule has 1 unspecified atom stereocenters. The van der Waals surface area contributed by atoms with Gasteiger partial charge >= 0.3 is 6.03 Å². The Morgan fingerprint density at radius 1 is 1.03 bits per heavy atom. The highest BCUT2D eigenvalue weighted by atomic mass is 32.2. The fourth-order valence-electron chi connectivity index (χ4n) is 5.20. The zero-order chi connectivity index (χ0) is 24.6. The second-order valence-corrected chi connectivity index (χ2v) is 11.2. The fourth-order valence-corrected chi connectivity index (χ4v) is 6.79. The molecule has 2 fully saturated rings. The van der Waals surface area contributed by atoms with Gasteiger partial charge in [-0.15, -0.1) is 0 Å². The van der Waals surface area contributed by atoms with Crippen LogP contribution in [0.3, 0.4) is 0 Å². The molecule has 0 saturated carbocycles. The molecule has 0 radical (unpaired) electrons. The minimum atomic E-state index is -3.58. The normalized spacial score (nSPS) is 22.3. The standard InChI is InChI=1S/C25H28N4O5S/c30-22(17-29-23(31)25(27-24(29)32)12-11-19-8-2-3-10-21(19)25)26-16-18-7-6-9-20(15-18)35(33,34)28-13-4-1-5-14-28/h2-3,6-10,15H,1,4-5,11-14,16-17H2,(H,26,30)(H,27,32). The molecule has 10 heteroatoms. The first kappa shape index (κ1) is 23.5. The van der Waals surface area contributed by atoms with Crippen molar-refractivity contribution in [1.29, 1.82) is 0 Å². The minimum Gasteiger partial charge on any atom is -0.350 e. The zero-order valence-electron chi connectivity index (χ0n) is 19.3. The molecule has 1 atom stereocenters. The lowest BCUT2D eigenvalue weighted by atomic mass is 9.92. The fraction of sp³-hybridized carbons (Fsp3) is 0.400. The lowest BCUT2D eigenvalue weighted by molar-refractivity contribution is -0.135. The maximum Gasteiger partial charge on any atom is 0.325 e. The number of fused-ring (bicyclic) bond motifs is 2. The van der Waals surface area contributed by atoms with Crippen LogP contribution in [0, 0.1) is 0 Å². The van der Waals surface area contributed by atoms with Crippen molar-refractivity contribution in [1.82, 2.24) is 19.8 Å². The Morgan fingerprint density at radius 3 is 2.60 bits per heavy atom. The molecule has 35 heavy (non-hydrogen) atoms. The van der Waals surface area contributed by atoms with Gasteiger partial charge in [0.15, 0.2) is 0 Å². The molecule has 9 nitrogen and oxygen atoms in total. The number of amides is 4. The van der Waals surface area contributed by atoms with Crippen LogP contribution in [0.1, 0.15) is 42.4 Å². The number of hydrogen-bond acceptors (Lipinski definition) is 5. The molecule has 2 N–H and O–H groups in total. The molecule has 0 bridgehead atoms. The Hall–Kier alpha value is -3.24. The lowest BCUT2D eigenvalue weighted by Crippen LogP contribution is -2.43. The third-order valence-corrected chi connectivity index (χ3v) is 8.96. The van der Waals surface area contributed by atoms with Gasteiger partial charge in [0.1, 0.15) is 12.1 Å². The van der Waals surface area contributed by atoms with Gasteiger partial charge in [-0.05, 0) is 54.5 Å². The van der Waals surface area contributed by atoms with Crippen molar-refractivity contribution in [2.75, 3.05) is 19.6 Å². The van der Waals surface area contributed by atoms with Crippen molar-refractivity contribution in [2.24, 2.45) is 0 Å². The quantitative estimate of drug-likeness (QED) is 0.593. The average molecular weight is 497 g/mol. The highest BCUT2D eigenvalue weighted by molar-refractivity contribution is 7.89. The van der Waals surface area contributed by atoms with Crippen LogP contribution in [0.2, 0.25) is 0 Å². The van der Waals surface area contributed by atoms with Crippen molar-refractivity contribution >= 4 is 27.9 Å². The number of sulfonamides is 1. The monoisotopic (exact) mass is 496 g/mol. The van der Waals surface area contributed by atoms with Gasteiger partial charge in [-0.3, -0.25) is 14.5 Å². The summed E-state index contributed by atoms with van der Waals surface area (Å²) in [5.74, 6) is -0.918. The van der Waals surface area contributed by atoms with E-state index in [4.69, 9.17) is 0 Å². The smallest absolute Gasteiger partial charge is 0.325 e. The number of aryl methyl sites for hydroxylation is 1. The molecular weight excluding hydrogens is 468 g/mol. The van der Waals surface area contributed by atoms with Crippen LogP contribution in [0.5, 0.6) is 0 Å². The number of carbonyl (C=O) groups is 3. The first-order chi connectivity index (χ1) is 16.8. The third-order valence-electron chi connectivity index (χ3n) is 7.06. The maximum atomic E-state index is 13.2. The number of nitrogens with one attached hydrogen (secondary N) is 2. The summed E-state index contributed by atoms with van der Waals surface area (Å²) in [7, 11) is -3.58. The second-order valence-electron chi connectivity index (χ2n) is 9.27. The number of hydrogen-bond donors (Lipinski definition) is 2. The van der Waals surface area contributed by atoms with Gasteiger partial charge in [0.05, 0.1) is 4.90 Å². The average Bonchev–Trinajstić information content (AvgIpc) is 3.36. The molecule has 2 saturated heterocycles. The summed E-state index contributed by atoms with van der Waals surface area (Å²) < 4.78 is 27.4. The van der Waals surface area contributed by atoms with Crippen LogP contribution in [0.15, 0.2) is 53.4 Å². The van der Waals surface area contributed by atoms with E-state index >= 15 is 0 Å². The summed E-state index contributed by atoms with van der Waals surface area (Å²) in [5.41, 5.74) is 1.32. The molecule has 2 aliphatic heterocycles. The summed E-state index contributed by atoms with van der Waals surface area (Å²) in [5, 5.41) is 5.51. The van der Waals surface area contributed by atoms with E-state index in [0.29, 0.717) is 31.5 Å². The molecule has 5 rings (SSSR count). The van der Waals surface area contributed by atoms with Crippen LogP contribution in [0.25, 0.3) is 0 Å². The Kier molecular flexibility index (Phi) is 6.10. The van der Waals surface area contributed by atoms with Gasteiger partial charge < -0.3 is 10.6 Å². The number of imide groups is 1. The van der Waals surface area contributed by atoms with E-state index in [1.165, 1.54) is 4.31 Å². The molecule has 4 amide bonds. The molecule has 2 aromatic carbocycles. The van der Waals surface area contributed by atoms with Crippen LogP contribution in [0.4, 0.5) is 4.79 Å². The predicted molar refractivity (Wildman–Crippen MR) is 128 cm³/mol. The van der Waals surface area contributed by atoms with Crippen molar-refractivity contribution in [2.45, 2.75) is 49.1 Å². The van der Waals surface area contributed by atoms with Gasteiger partial charge in [0.2, 0.25) is 15.9 Å². The van der Waals surface area contributed by atoms with Crippen molar-refractivity contribution in [3.05, 3.63) is 65.2 Å². The summed E-state index contributed by atoms with van der Waals surface area (Å²) in [6, 6.07) is 13.4. The summed E-state index contributed by atoms with van der Waals surface area (Å²) >= 11 is 0. The number of rotatable bonds is 6. The number of piperidine rings is 1. The third kappa shape index (κ3) is 4.21. The summed E-state index contributed by atoms with van der Waals surface area (Å²) in [6.45, 7) is 0.711. The SMILES string of the molecule is O=C(CN1C(=O)NC2(CCc3ccccc32)C1=O)NCc1cccc(S(=O)(=O)N2CCCCC2)c1. The van der Waals surface area contributed by atoms with Crippen molar-refractivity contribution in [3.8, 4) is 0 Å². The first-order valence-electron chi connectivity index (χ1n) is 11.9. The Bertz CT molecular complexity index is 1290. The largest absolute Gasteiger partial charge is 0.350 e. The topological polar surface area (TPSA) is 116 Å². The van der Waals surface area contributed by atoms with Crippen LogP contribution in [-0.4, -0.2) is 55.1 Å². The molecule has 3 aliphatic rings. The first-order valence-corrected chi connectivity index (χ1v) is 13.3. The maximum absolute atomic E-state index is 13.2. The Labute approximate surface area is 204 Å². The highest BCUT2D eigenvalue weighted by Crippen LogP contribution is 2.41. The minimum absolute atomic E-state index is 0.0832. The van der Waals surface area contributed by atoms with Gasteiger partial charge in [0, 0.05) is 19.6 Å². The van der Waals surface area contributed by atoms with Crippen LogP contribution in [-0.2, 0) is 38.1 Å². The number of benzene rings is 2. The molecule has 2 aromatic rings. The predicted octanol–water partition coefficient (Wildman–Crippen LogP) is 1.87. The van der Waals surface area contributed by atoms with E-state index < -0.39 is 40.0 Å². The van der Waals surface area contributed by atoms with E-state index in [-0.39, 0.29) is 11.4 Å². The van der Waals surface area contributed by atoms with Crippen LogP contribution >= 0.6 is 0 Å². The van der Waals surface area contributed by atoms with Gasteiger partial charge in [-0.25, -0.2) is 13.2 Å². The molecule has 1 spiro atoms. The van der Waals surface area contributed by atoms with Gasteiger partial charge in [-0.1, -0.05) is 42.8 Å². The van der Waals surface area contributed by atoms with E-state index in [9.17, 15) is 22.8 Å². The molecule has 1 aliphatic carbocycles. The summed E-state index contributed by atoms with van der Waals surface area (Å²) in [4.78, 5) is 39.6. The second kappa shape index (κ2) is 9.09. The Morgan fingerprint density at radius 2 is 1.80 bits per heavy atom. The van der Waals surface area contributed by atoms with E-state index in [1.54, 1.807) is 24.3 Å². The summed E-state index contributed by atoms with van der Waals surface area (Å²) in [6.07, 6.45) is 3.88. The molecule has 0 aromatic heterocycles. The highest BCUT2D eigenvalue weighted by Gasteiger charge is 2.55. The molecule has 184 valence electrons. The van der Waals surface area contributed by atoms with Crippen molar-refractivity contribution < 1.29 is 22.8 Å². The number of urea groups is 1. The lowest BCUT2D eigenvalue weighted by Gasteiger charge is -2.26. The zero-order valence-corrected chi connectivity index (χ0v) is 20.1. The van der Waals surface area contributed by atoms with E-state index in [2.05, 4.69) is 10.6 Å². The van der Waals surface area contributed by atoms with Gasteiger partial charge in [-0.2, -0.15) is 4.31 Å². The number of nitrogens with zero attached hydrogens (tertiary/aromatic N) is 2. The molecular formula is C25H28N4O5S. The van der Waals surface area contributed by atoms with Gasteiger partial charge in [0.25, 0.3) is 5.91 Å². The van der Waals surface area contributed by atoms with Crippen molar-refractivity contribution in [3.63, 3.8) is 0 Å². The van der Waals surface area contributed by atoms with E-state index in [0.717, 1.165) is 35.3 Å². The molecule has 2 heterocycles. The number of carbonyl (C=O) groups excluding carboxylic acids is 3. The Balaban J connectivity index is 1.23. The van der Waals surface area contributed by atoms with E-state index in [1.807, 2.05) is 24.3 Å². The van der Waals surface area contributed by atoms with Crippen LogP contribution < -0.4 is 10.6 Å².